The first-order valence-electron chi connectivity index (χ1n) is 7.50. The van der Waals surface area contributed by atoms with E-state index in [1.165, 1.54) is 11.3 Å². The van der Waals surface area contributed by atoms with Crippen molar-refractivity contribution in [3.8, 4) is 22.8 Å². The summed E-state index contributed by atoms with van der Waals surface area (Å²) in [5, 5.41) is 1.91. The standard InChI is InChI=1S/C17H18N2O3S/c1-4-21-14-9-12(15(22-5-2)8-11(14)3)16-13(10-20)19-6-7-23-17(19)18-16/h6-10H,4-5H2,1-3H3. The Morgan fingerprint density at radius 2 is 1.96 bits per heavy atom. The summed E-state index contributed by atoms with van der Waals surface area (Å²) in [6.45, 7) is 6.97. The van der Waals surface area contributed by atoms with Crippen molar-refractivity contribution < 1.29 is 14.3 Å². The highest BCUT2D eigenvalue weighted by Crippen LogP contribution is 2.37. The lowest BCUT2D eigenvalue weighted by Crippen LogP contribution is -2.00. The zero-order valence-corrected chi connectivity index (χ0v) is 14.1. The van der Waals surface area contributed by atoms with Gasteiger partial charge in [0.25, 0.3) is 0 Å². The molecule has 0 fully saturated rings. The molecule has 0 bridgehead atoms. The molecule has 5 nitrogen and oxygen atoms in total. The molecule has 120 valence electrons. The van der Waals surface area contributed by atoms with Crippen LogP contribution in [0.4, 0.5) is 0 Å². The molecule has 3 aromatic rings. The Morgan fingerprint density at radius 3 is 2.65 bits per heavy atom. The number of carbonyl (C=O) groups excluding carboxylic acids is 1. The van der Waals surface area contributed by atoms with Crippen LogP contribution in [-0.2, 0) is 0 Å². The van der Waals surface area contributed by atoms with E-state index in [9.17, 15) is 4.79 Å². The fourth-order valence-corrected chi connectivity index (χ4v) is 3.27. The smallest absolute Gasteiger partial charge is 0.194 e. The Bertz CT molecular complexity index is 851. The maximum atomic E-state index is 11.6. The highest BCUT2D eigenvalue weighted by molar-refractivity contribution is 7.15. The number of aldehydes is 1. The van der Waals surface area contributed by atoms with E-state index in [1.54, 1.807) is 4.40 Å². The zero-order chi connectivity index (χ0) is 16.4. The largest absolute Gasteiger partial charge is 0.494 e. The summed E-state index contributed by atoms with van der Waals surface area (Å²) in [6.07, 6.45) is 2.68. The predicted octanol–water partition coefficient (Wildman–Crippen LogP) is 3.98. The van der Waals surface area contributed by atoms with Crippen molar-refractivity contribution in [1.82, 2.24) is 9.38 Å². The van der Waals surface area contributed by atoms with Gasteiger partial charge in [-0.3, -0.25) is 9.20 Å². The van der Waals surface area contributed by atoms with Crippen LogP contribution in [0.2, 0.25) is 0 Å². The third-order valence-corrected chi connectivity index (χ3v) is 4.30. The van der Waals surface area contributed by atoms with E-state index in [0.717, 1.165) is 28.1 Å². The molecule has 0 aliphatic rings. The maximum absolute atomic E-state index is 11.6. The number of aryl methyl sites for hydroxylation is 1. The number of imidazole rings is 1. The fourth-order valence-electron chi connectivity index (χ4n) is 2.55. The molecular weight excluding hydrogens is 312 g/mol. The Balaban J connectivity index is 2.24. The van der Waals surface area contributed by atoms with Gasteiger partial charge < -0.3 is 9.47 Å². The molecule has 3 rings (SSSR count). The molecule has 0 spiro atoms. The van der Waals surface area contributed by atoms with Crippen LogP contribution >= 0.6 is 11.3 Å². The summed E-state index contributed by atoms with van der Waals surface area (Å²) in [5.41, 5.74) is 2.91. The molecule has 0 aliphatic carbocycles. The van der Waals surface area contributed by atoms with Gasteiger partial charge in [-0.05, 0) is 38.5 Å². The third kappa shape index (κ3) is 2.70. The fraction of sp³-hybridized carbons (Fsp3) is 0.294. The van der Waals surface area contributed by atoms with Gasteiger partial charge in [0, 0.05) is 17.1 Å². The van der Waals surface area contributed by atoms with Gasteiger partial charge in [0.1, 0.15) is 22.9 Å². The number of thiazole rings is 1. The van der Waals surface area contributed by atoms with E-state index in [2.05, 4.69) is 4.98 Å². The second-order valence-electron chi connectivity index (χ2n) is 5.00. The first-order chi connectivity index (χ1) is 11.2. The minimum atomic E-state index is 0.522. The molecule has 2 heterocycles. The monoisotopic (exact) mass is 330 g/mol. The molecule has 0 saturated carbocycles. The average Bonchev–Trinajstić information content (AvgIpc) is 3.10. The van der Waals surface area contributed by atoms with E-state index < -0.39 is 0 Å². The Labute approximate surface area is 138 Å². The number of hydrogen-bond donors (Lipinski definition) is 0. The van der Waals surface area contributed by atoms with E-state index in [4.69, 9.17) is 9.47 Å². The van der Waals surface area contributed by atoms with Gasteiger partial charge >= 0.3 is 0 Å². The first-order valence-corrected chi connectivity index (χ1v) is 8.38. The maximum Gasteiger partial charge on any atom is 0.194 e. The summed E-state index contributed by atoms with van der Waals surface area (Å²) in [6, 6.07) is 3.84. The quantitative estimate of drug-likeness (QED) is 0.642. The van der Waals surface area contributed by atoms with E-state index in [1.807, 2.05) is 44.5 Å². The molecule has 1 aromatic carbocycles. The Morgan fingerprint density at radius 1 is 1.22 bits per heavy atom. The van der Waals surface area contributed by atoms with E-state index in [-0.39, 0.29) is 0 Å². The summed E-state index contributed by atoms with van der Waals surface area (Å²) < 4.78 is 13.2. The van der Waals surface area contributed by atoms with Crippen LogP contribution in [0, 0.1) is 6.92 Å². The van der Waals surface area contributed by atoms with Crippen LogP contribution in [-0.4, -0.2) is 28.9 Å². The van der Waals surface area contributed by atoms with Crippen LogP contribution < -0.4 is 9.47 Å². The molecule has 6 heteroatoms. The highest BCUT2D eigenvalue weighted by atomic mass is 32.1. The summed E-state index contributed by atoms with van der Waals surface area (Å²) in [4.78, 5) is 17.0. The number of ether oxygens (including phenoxy) is 2. The van der Waals surface area contributed by atoms with Crippen LogP contribution in [0.5, 0.6) is 11.5 Å². The van der Waals surface area contributed by atoms with Crippen molar-refractivity contribution in [1.29, 1.82) is 0 Å². The second kappa shape index (κ2) is 6.42. The minimum absolute atomic E-state index is 0.522. The molecule has 23 heavy (non-hydrogen) atoms. The van der Waals surface area contributed by atoms with Crippen molar-refractivity contribution in [2.24, 2.45) is 0 Å². The molecule has 0 radical (unpaired) electrons. The van der Waals surface area contributed by atoms with Crippen molar-refractivity contribution in [2.45, 2.75) is 20.8 Å². The molecule has 0 unspecified atom stereocenters. The van der Waals surface area contributed by atoms with Gasteiger partial charge in [0.05, 0.1) is 13.2 Å². The first kappa shape index (κ1) is 15.6. The Hall–Kier alpha value is -2.34. The number of fused-ring (bicyclic) bond motifs is 1. The van der Waals surface area contributed by atoms with Gasteiger partial charge in [-0.2, -0.15) is 0 Å². The van der Waals surface area contributed by atoms with Gasteiger partial charge in [-0.25, -0.2) is 4.98 Å². The van der Waals surface area contributed by atoms with E-state index >= 15 is 0 Å². The van der Waals surface area contributed by atoms with Crippen molar-refractivity contribution in [2.75, 3.05) is 13.2 Å². The number of nitrogens with zero attached hydrogens (tertiary/aromatic N) is 2. The molecule has 0 amide bonds. The minimum Gasteiger partial charge on any atom is -0.494 e. The van der Waals surface area contributed by atoms with Crippen LogP contribution in [0.1, 0.15) is 29.9 Å². The van der Waals surface area contributed by atoms with Crippen LogP contribution in [0.15, 0.2) is 23.7 Å². The molecule has 2 aromatic heterocycles. The molecular formula is C17H18N2O3S. The topological polar surface area (TPSA) is 52.8 Å². The van der Waals surface area contributed by atoms with Crippen molar-refractivity contribution in [3.05, 3.63) is 35.0 Å². The number of benzene rings is 1. The van der Waals surface area contributed by atoms with Gasteiger partial charge in [-0.1, -0.05) is 0 Å². The number of aromatic nitrogens is 2. The van der Waals surface area contributed by atoms with Gasteiger partial charge in [-0.15, -0.1) is 11.3 Å². The van der Waals surface area contributed by atoms with Crippen LogP contribution in [0.25, 0.3) is 16.2 Å². The summed E-state index contributed by atoms with van der Waals surface area (Å²) in [7, 11) is 0. The van der Waals surface area contributed by atoms with Gasteiger partial charge in [0.2, 0.25) is 0 Å². The Kier molecular flexibility index (Phi) is 4.34. The summed E-state index contributed by atoms with van der Waals surface area (Å²) in [5.74, 6) is 1.49. The second-order valence-corrected chi connectivity index (χ2v) is 5.87. The summed E-state index contributed by atoms with van der Waals surface area (Å²) >= 11 is 1.49. The number of rotatable bonds is 6. The lowest BCUT2D eigenvalue weighted by atomic mass is 10.1. The molecule has 0 atom stereocenters. The lowest BCUT2D eigenvalue weighted by Gasteiger charge is -2.14. The van der Waals surface area contributed by atoms with Crippen LogP contribution in [0.3, 0.4) is 0 Å². The number of hydrogen-bond acceptors (Lipinski definition) is 5. The molecule has 0 saturated heterocycles. The average molecular weight is 330 g/mol. The highest BCUT2D eigenvalue weighted by Gasteiger charge is 2.20. The van der Waals surface area contributed by atoms with E-state index in [0.29, 0.717) is 30.4 Å². The predicted molar refractivity (Wildman–Crippen MR) is 91.0 cm³/mol. The normalized spacial score (nSPS) is 10.9. The molecule has 0 aliphatic heterocycles. The third-order valence-electron chi connectivity index (χ3n) is 3.54. The van der Waals surface area contributed by atoms with Crippen molar-refractivity contribution in [3.63, 3.8) is 0 Å². The SMILES string of the molecule is CCOc1cc(-c2nc3sccn3c2C=O)c(OCC)cc1C. The van der Waals surface area contributed by atoms with Gasteiger partial charge in [0.15, 0.2) is 11.2 Å². The number of carbonyl (C=O) groups is 1. The zero-order valence-electron chi connectivity index (χ0n) is 13.3. The van der Waals surface area contributed by atoms with Crippen molar-refractivity contribution >= 4 is 22.6 Å². The molecule has 0 N–H and O–H groups in total. The lowest BCUT2D eigenvalue weighted by molar-refractivity contribution is 0.111.